The molecular weight excluding hydrogens is 346 g/mol. The first kappa shape index (κ1) is 15.9. The molecule has 1 aromatic rings. The number of benzene rings is 1. The molecule has 0 radical (unpaired) electrons. The molecular formula is C14H20FIO2. The van der Waals surface area contributed by atoms with Crippen molar-refractivity contribution in [1.82, 2.24) is 0 Å². The van der Waals surface area contributed by atoms with Crippen LogP contribution in [0.5, 0.6) is 0 Å². The lowest BCUT2D eigenvalue weighted by Gasteiger charge is -2.24. The van der Waals surface area contributed by atoms with Crippen LogP contribution in [0.3, 0.4) is 0 Å². The van der Waals surface area contributed by atoms with E-state index in [9.17, 15) is 4.39 Å². The van der Waals surface area contributed by atoms with E-state index in [2.05, 4.69) is 22.6 Å². The number of ether oxygens (including phenoxy) is 2. The molecule has 102 valence electrons. The van der Waals surface area contributed by atoms with Crippen molar-refractivity contribution in [1.29, 1.82) is 0 Å². The lowest BCUT2D eigenvalue weighted by atomic mass is 10.1. The van der Waals surface area contributed by atoms with Crippen molar-refractivity contribution in [3.8, 4) is 0 Å². The summed E-state index contributed by atoms with van der Waals surface area (Å²) in [7, 11) is 1.69. The number of hydrogen-bond acceptors (Lipinski definition) is 2. The van der Waals surface area contributed by atoms with Gasteiger partial charge in [-0.3, -0.25) is 0 Å². The third kappa shape index (κ3) is 4.82. The van der Waals surface area contributed by atoms with Crippen LogP contribution in [0.2, 0.25) is 0 Å². The van der Waals surface area contributed by atoms with Gasteiger partial charge in [0.15, 0.2) is 0 Å². The quantitative estimate of drug-likeness (QED) is 0.534. The van der Waals surface area contributed by atoms with E-state index >= 15 is 0 Å². The van der Waals surface area contributed by atoms with Gasteiger partial charge >= 0.3 is 0 Å². The van der Waals surface area contributed by atoms with Crippen LogP contribution >= 0.6 is 22.6 Å². The first-order valence-corrected chi connectivity index (χ1v) is 7.50. The van der Waals surface area contributed by atoms with Gasteiger partial charge in [0.25, 0.3) is 0 Å². The molecule has 0 fully saturated rings. The second kappa shape index (κ2) is 7.40. The average molecular weight is 366 g/mol. The van der Waals surface area contributed by atoms with Gasteiger partial charge in [-0.15, -0.1) is 0 Å². The molecule has 0 heterocycles. The van der Waals surface area contributed by atoms with Gasteiger partial charge in [-0.05, 0) is 26.3 Å². The minimum Gasteiger partial charge on any atom is -0.379 e. The van der Waals surface area contributed by atoms with Gasteiger partial charge < -0.3 is 9.47 Å². The first-order valence-electron chi connectivity index (χ1n) is 5.97. The Morgan fingerprint density at radius 2 is 2.00 bits per heavy atom. The monoisotopic (exact) mass is 366 g/mol. The van der Waals surface area contributed by atoms with Crippen LogP contribution < -0.4 is 0 Å². The third-order valence-corrected chi connectivity index (χ3v) is 3.77. The van der Waals surface area contributed by atoms with Crippen molar-refractivity contribution in [2.24, 2.45) is 0 Å². The van der Waals surface area contributed by atoms with Crippen molar-refractivity contribution < 1.29 is 13.9 Å². The summed E-state index contributed by atoms with van der Waals surface area (Å²) in [6.45, 7) is 4.58. The number of hydrogen-bond donors (Lipinski definition) is 0. The SMILES string of the molecule is COC(C)(C)CCOC(CI)c1ccccc1F. The second-order valence-corrected chi connectivity index (χ2v) is 5.63. The molecule has 0 N–H and O–H groups in total. The van der Waals surface area contributed by atoms with Crippen LogP contribution in [0.15, 0.2) is 24.3 Å². The van der Waals surface area contributed by atoms with Crippen LogP contribution in [-0.2, 0) is 9.47 Å². The number of halogens is 2. The van der Waals surface area contributed by atoms with Crippen LogP contribution in [0.4, 0.5) is 4.39 Å². The van der Waals surface area contributed by atoms with Gasteiger partial charge in [-0.25, -0.2) is 4.39 Å². The van der Waals surface area contributed by atoms with Crippen LogP contribution in [-0.4, -0.2) is 23.7 Å². The van der Waals surface area contributed by atoms with E-state index in [4.69, 9.17) is 9.47 Å². The van der Waals surface area contributed by atoms with Crippen molar-refractivity contribution >= 4 is 22.6 Å². The minimum absolute atomic E-state index is 0.195. The van der Waals surface area contributed by atoms with Crippen LogP contribution in [0, 0.1) is 5.82 Å². The number of rotatable bonds is 7. The Labute approximate surface area is 122 Å². The fraction of sp³-hybridized carbons (Fsp3) is 0.571. The molecule has 4 heteroatoms. The van der Waals surface area contributed by atoms with Crippen LogP contribution in [0.1, 0.15) is 31.9 Å². The molecule has 0 aliphatic rings. The van der Waals surface area contributed by atoms with Gasteiger partial charge in [-0.1, -0.05) is 40.8 Å². The average Bonchev–Trinajstić information content (AvgIpc) is 2.36. The van der Waals surface area contributed by atoms with E-state index in [-0.39, 0.29) is 17.5 Å². The second-order valence-electron chi connectivity index (χ2n) is 4.75. The van der Waals surface area contributed by atoms with Gasteiger partial charge in [0, 0.05) is 17.1 Å². The van der Waals surface area contributed by atoms with E-state index in [1.165, 1.54) is 6.07 Å². The Kier molecular flexibility index (Phi) is 6.52. The van der Waals surface area contributed by atoms with Gasteiger partial charge in [0.2, 0.25) is 0 Å². The molecule has 0 spiro atoms. The zero-order chi connectivity index (χ0) is 13.6. The smallest absolute Gasteiger partial charge is 0.129 e. The Bertz CT molecular complexity index is 369. The van der Waals surface area contributed by atoms with E-state index in [0.717, 1.165) is 10.8 Å². The molecule has 1 aromatic carbocycles. The standard InChI is InChI=1S/C14H20FIO2/c1-14(2,17-3)8-9-18-13(10-16)11-6-4-5-7-12(11)15/h4-7,13H,8-10H2,1-3H3. The summed E-state index contributed by atoms with van der Waals surface area (Å²) in [4.78, 5) is 0. The highest BCUT2D eigenvalue weighted by Gasteiger charge is 2.19. The molecule has 1 atom stereocenters. The minimum atomic E-state index is -0.204. The summed E-state index contributed by atoms with van der Waals surface area (Å²) >= 11 is 2.22. The topological polar surface area (TPSA) is 18.5 Å². The largest absolute Gasteiger partial charge is 0.379 e. The predicted octanol–water partition coefficient (Wildman–Crippen LogP) is 4.13. The summed E-state index contributed by atoms with van der Waals surface area (Å²) in [5.41, 5.74) is 0.424. The Morgan fingerprint density at radius 1 is 1.33 bits per heavy atom. The lowest BCUT2D eigenvalue weighted by molar-refractivity contribution is -0.0230. The summed E-state index contributed by atoms with van der Waals surface area (Å²) in [6.07, 6.45) is 0.588. The predicted molar refractivity (Wildman–Crippen MR) is 79.7 cm³/mol. The highest BCUT2D eigenvalue weighted by molar-refractivity contribution is 14.1. The van der Waals surface area contributed by atoms with Gasteiger partial charge in [-0.2, -0.15) is 0 Å². The summed E-state index contributed by atoms with van der Waals surface area (Å²) < 4.78 is 25.5. The molecule has 0 bridgehead atoms. The van der Waals surface area contributed by atoms with Crippen molar-refractivity contribution in [3.05, 3.63) is 35.6 Å². The normalized spacial score (nSPS) is 13.6. The van der Waals surface area contributed by atoms with Crippen molar-refractivity contribution in [2.45, 2.75) is 32.0 Å². The van der Waals surface area contributed by atoms with E-state index in [1.807, 2.05) is 19.9 Å². The van der Waals surface area contributed by atoms with E-state index < -0.39 is 0 Å². The third-order valence-electron chi connectivity index (χ3n) is 2.97. The molecule has 0 aliphatic carbocycles. The van der Waals surface area contributed by atoms with Gasteiger partial charge in [0.1, 0.15) is 5.82 Å². The maximum Gasteiger partial charge on any atom is 0.129 e. The van der Waals surface area contributed by atoms with Gasteiger partial charge in [0.05, 0.1) is 18.3 Å². The summed E-state index contributed by atoms with van der Waals surface area (Å²) in [6, 6.07) is 6.77. The van der Waals surface area contributed by atoms with Crippen molar-refractivity contribution in [3.63, 3.8) is 0 Å². The lowest BCUT2D eigenvalue weighted by Crippen LogP contribution is -2.25. The molecule has 1 unspecified atom stereocenters. The first-order chi connectivity index (χ1) is 8.50. The summed E-state index contributed by atoms with van der Waals surface area (Å²) in [5, 5.41) is 0. The highest BCUT2D eigenvalue weighted by Crippen LogP contribution is 2.24. The summed E-state index contributed by atoms with van der Waals surface area (Å²) in [5.74, 6) is -0.204. The molecule has 0 saturated carbocycles. The van der Waals surface area contributed by atoms with E-state index in [1.54, 1.807) is 19.2 Å². The molecule has 0 aliphatic heterocycles. The maximum absolute atomic E-state index is 13.6. The maximum atomic E-state index is 13.6. The Morgan fingerprint density at radius 3 is 2.56 bits per heavy atom. The zero-order valence-electron chi connectivity index (χ0n) is 11.1. The highest BCUT2D eigenvalue weighted by atomic mass is 127. The van der Waals surface area contributed by atoms with Crippen LogP contribution in [0.25, 0.3) is 0 Å². The molecule has 2 nitrogen and oxygen atoms in total. The Balaban J connectivity index is 2.56. The Hall–Kier alpha value is -0.200. The molecule has 18 heavy (non-hydrogen) atoms. The molecule has 0 amide bonds. The van der Waals surface area contributed by atoms with E-state index in [0.29, 0.717) is 12.2 Å². The molecule has 0 aromatic heterocycles. The molecule has 1 rings (SSSR count). The number of methoxy groups -OCH3 is 1. The number of alkyl halides is 1. The zero-order valence-corrected chi connectivity index (χ0v) is 13.2. The fourth-order valence-corrected chi connectivity index (χ4v) is 2.23. The van der Waals surface area contributed by atoms with Crippen molar-refractivity contribution in [2.75, 3.05) is 18.1 Å². The fourth-order valence-electron chi connectivity index (χ4n) is 1.50. The molecule has 0 saturated heterocycles.